The molecule has 14 nitrogen and oxygen atoms in total. The van der Waals surface area contributed by atoms with Crippen LogP contribution in [0.15, 0.2) is 0 Å². The maximum atomic E-state index is 10.1. The molecule has 0 heterocycles. The summed E-state index contributed by atoms with van der Waals surface area (Å²) in [6, 6.07) is -0.866. The van der Waals surface area contributed by atoms with Gasteiger partial charge < -0.3 is 51.0 Å². The molecular formula is C10H28N2O12P2S2. The van der Waals surface area contributed by atoms with Crippen molar-refractivity contribution >= 4 is 51.1 Å². The third kappa shape index (κ3) is 63.6. The summed E-state index contributed by atoms with van der Waals surface area (Å²) in [5.74, 6) is 0.147. The van der Waals surface area contributed by atoms with E-state index in [1.807, 2.05) is 12.5 Å². The Morgan fingerprint density at radius 3 is 1.11 bits per heavy atom. The van der Waals surface area contributed by atoms with E-state index in [-0.39, 0.29) is 0 Å². The van der Waals surface area contributed by atoms with Crippen LogP contribution in [0.25, 0.3) is 0 Å². The Labute approximate surface area is 170 Å². The smallest absolute Gasteiger partial charge is 0.362 e. The Morgan fingerprint density at radius 2 is 1.00 bits per heavy atom. The van der Waals surface area contributed by atoms with Crippen molar-refractivity contribution < 1.29 is 69.8 Å². The Hall–Kier alpha value is -0.220. The molecule has 2 atom stereocenters. The quantitative estimate of drug-likeness (QED) is 0.148. The van der Waals surface area contributed by atoms with Gasteiger partial charge in [0, 0.05) is 12.8 Å². The molecule has 0 aromatic heterocycles. The van der Waals surface area contributed by atoms with Gasteiger partial charge in [-0.15, -0.1) is 0 Å². The van der Waals surface area contributed by atoms with Crippen LogP contribution in [-0.2, 0) is 18.7 Å². The van der Waals surface area contributed by atoms with Gasteiger partial charge in [-0.25, -0.2) is 9.59 Å². The highest BCUT2D eigenvalue weighted by atomic mass is 32.2. The van der Waals surface area contributed by atoms with E-state index in [0.717, 1.165) is 11.5 Å². The second-order valence-corrected chi connectivity index (χ2v) is 8.55. The molecule has 0 saturated carbocycles. The number of carboxylic acids is 2. The monoisotopic (exact) mass is 494 g/mol. The average Bonchev–Trinajstić information content (AvgIpc) is 2.47. The van der Waals surface area contributed by atoms with Crippen LogP contribution >= 0.6 is 39.2 Å². The first-order chi connectivity index (χ1) is 12.4. The van der Waals surface area contributed by atoms with E-state index in [1.54, 1.807) is 23.5 Å². The van der Waals surface area contributed by atoms with E-state index < -0.39 is 39.7 Å². The summed E-state index contributed by atoms with van der Waals surface area (Å²) >= 11 is 3.29. The molecule has 0 aliphatic heterocycles. The predicted octanol–water partition coefficient (Wildman–Crippen LogP) is -4.25. The predicted molar refractivity (Wildman–Crippen MR) is 98.7 cm³/mol. The van der Waals surface area contributed by atoms with Crippen LogP contribution in [0.2, 0.25) is 0 Å². The molecule has 0 radical (unpaired) electrons. The van der Waals surface area contributed by atoms with Gasteiger partial charge in [0.1, 0.15) is 0 Å². The van der Waals surface area contributed by atoms with Crippen molar-refractivity contribution in [3.05, 3.63) is 0 Å². The molecule has 0 unspecified atom stereocenters. The molecule has 28 heavy (non-hydrogen) atoms. The normalized spacial score (nSPS) is 12.6. The number of aliphatic carboxylic acids is 2. The second-order valence-electron chi connectivity index (χ2n) is 4.61. The first kappa shape index (κ1) is 35.2. The zero-order valence-electron chi connectivity index (χ0n) is 15.2. The van der Waals surface area contributed by atoms with Crippen LogP contribution in [-0.4, -0.2) is 77.8 Å². The highest BCUT2D eigenvalue weighted by Gasteiger charge is 2.14. The number of hydrogen-bond donors (Lipinski definition) is 8. The lowest BCUT2D eigenvalue weighted by molar-refractivity contribution is -0.408. The summed E-state index contributed by atoms with van der Waals surface area (Å²) in [7, 11) is -9.78. The van der Waals surface area contributed by atoms with Crippen LogP contribution in [0.1, 0.15) is 12.8 Å². The second kappa shape index (κ2) is 20.1. The molecule has 0 amide bonds. The van der Waals surface area contributed by atoms with Crippen molar-refractivity contribution in [2.75, 3.05) is 24.0 Å². The van der Waals surface area contributed by atoms with E-state index in [0.29, 0.717) is 12.8 Å². The Morgan fingerprint density at radius 1 is 0.821 bits per heavy atom. The third-order valence-electron chi connectivity index (χ3n) is 2.04. The van der Waals surface area contributed by atoms with Gasteiger partial charge in [0.15, 0.2) is 12.1 Å². The lowest BCUT2D eigenvalue weighted by Crippen LogP contribution is -2.65. The van der Waals surface area contributed by atoms with E-state index in [4.69, 9.17) is 48.7 Å². The maximum Gasteiger partial charge on any atom is 0.362 e. The number of carboxylic acid groups (broad SMARTS) is 2. The van der Waals surface area contributed by atoms with Gasteiger partial charge in [-0.1, -0.05) is 0 Å². The molecule has 0 spiro atoms. The van der Waals surface area contributed by atoms with Gasteiger partial charge in [0.25, 0.3) is 15.6 Å². The highest BCUT2D eigenvalue weighted by molar-refractivity contribution is 7.98. The summed E-state index contributed by atoms with van der Waals surface area (Å²) in [5.41, 5.74) is 6.92. The number of carbonyl (C=O) groups is 2. The lowest BCUT2D eigenvalue weighted by atomic mass is 10.2. The number of rotatable bonds is 8. The Balaban J connectivity index is -0.000000143. The number of thioether (sulfide) groups is 2. The molecule has 0 fully saturated rings. The lowest BCUT2D eigenvalue weighted by Gasteiger charge is -2.01. The maximum absolute atomic E-state index is 10.1. The van der Waals surface area contributed by atoms with Crippen molar-refractivity contribution in [1.29, 1.82) is 0 Å². The fourth-order valence-corrected chi connectivity index (χ4v) is 1.81. The van der Waals surface area contributed by atoms with Crippen LogP contribution in [0.3, 0.4) is 0 Å². The summed E-state index contributed by atoms with van der Waals surface area (Å²) in [5, 5.41) is 16.7. The molecule has 0 aliphatic carbocycles. The molecule has 0 aromatic carbocycles. The van der Waals surface area contributed by atoms with Crippen LogP contribution in [0.5, 0.6) is 0 Å². The molecular weight excluding hydrogens is 466 g/mol. The molecule has 12 N–H and O–H groups in total. The van der Waals surface area contributed by atoms with Gasteiger partial charge in [-0.3, -0.25) is 9.13 Å². The van der Waals surface area contributed by atoms with Crippen molar-refractivity contribution in [3.8, 4) is 0 Å². The number of phosphoric acid groups is 2. The zero-order chi connectivity index (χ0) is 23.6. The minimum absolute atomic E-state index is 0.433. The van der Waals surface area contributed by atoms with Gasteiger partial charge in [-0.2, -0.15) is 23.5 Å². The molecule has 172 valence electrons. The van der Waals surface area contributed by atoms with Crippen molar-refractivity contribution in [2.45, 2.75) is 24.9 Å². The van der Waals surface area contributed by atoms with E-state index in [9.17, 15) is 9.59 Å². The highest BCUT2D eigenvalue weighted by Crippen LogP contribution is 2.19. The summed E-state index contributed by atoms with van der Waals surface area (Å²) in [6.07, 6.45) is 5.23. The standard InChI is InChI=1S/2C5H11NO2S.2H3O4P/c2*1-9-3-2-4(6)5(7)8;2*1-5(2,3)4/h2*4H,2-3,6H2,1H3,(H,7,8);2*(H3,1,2,3,4)/t2*4-;;/m11../s1. The van der Waals surface area contributed by atoms with Gasteiger partial charge in [0.05, 0.1) is 0 Å². The third-order valence-corrected chi connectivity index (χ3v) is 3.33. The topological polar surface area (TPSA) is 291 Å². The van der Waals surface area contributed by atoms with Crippen LogP contribution in [0, 0.1) is 0 Å². The molecule has 18 heteroatoms. The van der Waals surface area contributed by atoms with Crippen molar-refractivity contribution in [1.82, 2.24) is 0 Å². The average molecular weight is 494 g/mol. The molecule has 0 bridgehead atoms. The van der Waals surface area contributed by atoms with Gasteiger partial charge >= 0.3 is 11.9 Å². The first-order valence-electron chi connectivity index (χ1n) is 6.99. The Bertz CT molecular complexity index is 440. The van der Waals surface area contributed by atoms with E-state index >= 15 is 0 Å². The van der Waals surface area contributed by atoms with E-state index in [1.165, 1.54) is 0 Å². The molecule has 0 aliphatic rings. The summed E-state index contributed by atoms with van der Waals surface area (Å²) in [4.78, 5) is 66.1. The minimum Gasteiger partial charge on any atom is -0.756 e. The first-order valence-corrected chi connectivity index (χ1v) is 12.8. The van der Waals surface area contributed by atoms with Crippen LogP contribution in [0.4, 0.5) is 0 Å². The minimum atomic E-state index is -4.89. The zero-order valence-corrected chi connectivity index (χ0v) is 18.7. The summed E-state index contributed by atoms with van der Waals surface area (Å²) in [6.45, 7) is 0. The molecule has 0 rings (SSSR count). The van der Waals surface area contributed by atoms with E-state index in [2.05, 4.69) is 11.5 Å². The SMILES string of the molecule is CSCC[C@@H]([NH3+])C(=O)O.CSCC[C@@H]([NH3+])C(=O)O.O=P([O-])(O)O.O=P([O-])(O)O. The van der Waals surface area contributed by atoms with Crippen LogP contribution < -0.4 is 21.3 Å². The number of quaternary nitrogens is 2. The van der Waals surface area contributed by atoms with Crippen molar-refractivity contribution in [3.63, 3.8) is 0 Å². The molecule has 0 aromatic rings. The van der Waals surface area contributed by atoms with Gasteiger partial charge in [0.2, 0.25) is 0 Å². The van der Waals surface area contributed by atoms with Gasteiger partial charge in [-0.05, 0) is 24.0 Å². The Kier molecular flexibility index (Phi) is 25.3. The fraction of sp³-hybridized carbons (Fsp3) is 0.800. The number of hydrogen-bond acceptors (Lipinski definition) is 8. The fourth-order valence-electron chi connectivity index (χ4n) is 0.767. The van der Waals surface area contributed by atoms with Crippen molar-refractivity contribution in [2.24, 2.45) is 0 Å². The summed E-state index contributed by atoms with van der Waals surface area (Å²) < 4.78 is 17.5. The largest absolute Gasteiger partial charge is 0.756 e. The molecule has 0 saturated heterocycles.